The van der Waals surface area contributed by atoms with Gasteiger partial charge in [-0.25, -0.2) is 9.67 Å². The van der Waals surface area contributed by atoms with Crippen molar-refractivity contribution in [3.63, 3.8) is 0 Å². The van der Waals surface area contributed by atoms with E-state index in [1.54, 1.807) is 17.2 Å². The summed E-state index contributed by atoms with van der Waals surface area (Å²) in [5.74, 6) is 0.599. The lowest BCUT2D eigenvalue weighted by atomic mass is 10.00. The van der Waals surface area contributed by atoms with Gasteiger partial charge in [0.2, 0.25) is 5.91 Å². The summed E-state index contributed by atoms with van der Waals surface area (Å²) in [6, 6.07) is 8.64. The summed E-state index contributed by atoms with van der Waals surface area (Å²) < 4.78 is 3.54. The summed E-state index contributed by atoms with van der Waals surface area (Å²) in [7, 11) is 0. The molecule has 4 rings (SSSR count). The Kier molecular flexibility index (Phi) is 5.43. The molecule has 1 amide bonds. The highest BCUT2D eigenvalue weighted by Gasteiger charge is 2.19. The van der Waals surface area contributed by atoms with Crippen LogP contribution in [0.5, 0.6) is 0 Å². The van der Waals surface area contributed by atoms with Crippen LogP contribution in [-0.2, 0) is 30.8 Å². The molecule has 146 valence electrons. The van der Waals surface area contributed by atoms with Crippen LogP contribution < -0.4 is 5.32 Å². The number of fused-ring (bicyclic) bond motifs is 1. The number of carbonyl (C=O) groups is 1. The largest absolute Gasteiger partial charge is 0.352 e. The van der Waals surface area contributed by atoms with Gasteiger partial charge in [-0.05, 0) is 34.9 Å². The van der Waals surface area contributed by atoms with Crippen LogP contribution >= 0.6 is 0 Å². The van der Waals surface area contributed by atoms with Crippen molar-refractivity contribution in [1.29, 1.82) is 0 Å². The van der Waals surface area contributed by atoms with Crippen molar-refractivity contribution >= 4 is 5.91 Å². The Bertz CT molecular complexity index is 920. The number of nitrogens with one attached hydrogen (secondary N) is 1. The Morgan fingerprint density at radius 2 is 2.14 bits per heavy atom. The molecule has 0 unspecified atom stereocenters. The van der Waals surface area contributed by atoms with E-state index in [4.69, 9.17) is 0 Å². The van der Waals surface area contributed by atoms with Gasteiger partial charge in [0.1, 0.15) is 6.54 Å². The second kappa shape index (κ2) is 8.30. The van der Waals surface area contributed by atoms with Gasteiger partial charge in [0.15, 0.2) is 5.82 Å². The number of tetrazole rings is 1. The smallest absolute Gasteiger partial charge is 0.241 e. The Labute approximate surface area is 163 Å². The molecule has 0 fully saturated rings. The molecule has 1 aliphatic heterocycles. The maximum absolute atomic E-state index is 12.3. The van der Waals surface area contributed by atoms with Crippen molar-refractivity contribution in [3.05, 3.63) is 59.9 Å². The minimum Gasteiger partial charge on any atom is -0.352 e. The standard InChI is InChI=1S/C19H24N8O/c1-15(26-9-7-20-14-26)10-21-19(28)13-27-18(22-23-24-27)12-25-8-6-16-4-2-3-5-17(16)11-25/h2-5,7,9,14-15H,6,8,10-13H2,1H3,(H,21,28)/t15-/m0/s1. The molecule has 1 atom stereocenters. The van der Waals surface area contributed by atoms with Crippen LogP contribution in [0, 0.1) is 0 Å². The number of hydrogen-bond acceptors (Lipinski definition) is 6. The molecule has 2 aromatic heterocycles. The van der Waals surface area contributed by atoms with Gasteiger partial charge in [0, 0.05) is 38.1 Å². The number of carbonyl (C=O) groups excluding carboxylic acids is 1. The van der Waals surface area contributed by atoms with Crippen molar-refractivity contribution in [2.45, 2.75) is 39.0 Å². The van der Waals surface area contributed by atoms with Crippen molar-refractivity contribution in [2.24, 2.45) is 0 Å². The van der Waals surface area contributed by atoms with Gasteiger partial charge in [-0.15, -0.1) is 5.10 Å². The van der Waals surface area contributed by atoms with Gasteiger partial charge in [0.25, 0.3) is 0 Å². The zero-order chi connectivity index (χ0) is 19.3. The highest BCUT2D eigenvalue weighted by Crippen LogP contribution is 2.19. The molecule has 28 heavy (non-hydrogen) atoms. The van der Waals surface area contributed by atoms with Crippen LogP contribution in [0.15, 0.2) is 43.0 Å². The van der Waals surface area contributed by atoms with E-state index in [2.05, 4.69) is 55.0 Å². The van der Waals surface area contributed by atoms with E-state index in [1.807, 2.05) is 17.7 Å². The lowest BCUT2D eigenvalue weighted by Crippen LogP contribution is -2.34. The van der Waals surface area contributed by atoms with Gasteiger partial charge >= 0.3 is 0 Å². The predicted octanol–water partition coefficient (Wildman–Crippen LogP) is 0.805. The molecule has 0 saturated heterocycles. The zero-order valence-electron chi connectivity index (χ0n) is 15.9. The molecule has 3 heterocycles. The summed E-state index contributed by atoms with van der Waals surface area (Å²) in [5, 5.41) is 14.8. The summed E-state index contributed by atoms with van der Waals surface area (Å²) in [5.41, 5.74) is 2.75. The third-order valence-corrected chi connectivity index (χ3v) is 5.10. The normalized spacial score (nSPS) is 15.2. The summed E-state index contributed by atoms with van der Waals surface area (Å²) in [6.07, 6.45) is 6.37. The van der Waals surface area contributed by atoms with Crippen LogP contribution in [0.4, 0.5) is 0 Å². The number of aromatic nitrogens is 6. The fourth-order valence-electron chi connectivity index (χ4n) is 3.44. The van der Waals surface area contributed by atoms with Crippen LogP contribution in [0.1, 0.15) is 29.9 Å². The summed E-state index contributed by atoms with van der Waals surface area (Å²) in [6.45, 7) is 5.12. The van der Waals surface area contributed by atoms with Crippen LogP contribution in [0.25, 0.3) is 0 Å². The molecule has 9 nitrogen and oxygen atoms in total. The molecular formula is C19H24N8O. The number of hydrogen-bond donors (Lipinski definition) is 1. The maximum Gasteiger partial charge on any atom is 0.241 e. The van der Waals surface area contributed by atoms with E-state index in [-0.39, 0.29) is 18.5 Å². The van der Waals surface area contributed by atoms with Crippen LogP contribution in [0.2, 0.25) is 0 Å². The number of nitrogens with zero attached hydrogens (tertiary/aromatic N) is 7. The third kappa shape index (κ3) is 4.25. The molecule has 0 spiro atoms. The number of imidazole rings is 1. The highest BCUT2D eigenvalue weighted by molar-refractivity contribution is 5.75. The summed E-state index contributed by atoms with van der Waals surface area (Å²) >= 11 is 0. The first-order chi connectivity index (χ1) is 13.7. The SMILES string of the molecule is C[C@@H](CNC(=O)Cn1nnnc1CN1CCc2ccccc2C1)n1ccnc1. The van der Waals surface area contributed by atoms with Crippen molar-refractivity contribution < 1.29 is 4.79 Å². The molecule has 1 aromatic carbocycles. The molecular weight excluding hydrogens is 356 g/mol. The molecule has 0 saturated carbocycles. The quantitative estimate of drug-likeness (QED) is 0.652. The minimum atomic E-state index is -0.107. The van der Waals surface area contributed by atoms with E-state index < -0.39 is 0 Å². The number of amides is 1. The van der Waals surface area contributed by atoms with E-state index >= 15 is 0 Å². The van der Waals surface area contributed by atoms with Gasteiger partial charge in [-0.2, -0.15) is 0 Å². The Morgan fingerprint density at radius 3 is 2.96 bits per heavy atom. The van der Waals surface area contributed by atoms with Crippen molar-refractivity contribution in [2.75, 3.05) is 13.1 Å². The van der Waals surface area contributed by atoms with E-state index in [1.165, 1.54) is 11.1 Å². The van der Waals surface area contributed by atoms with Gasteiger partial charge in [-0.1, -0.05) is 24.3 Å². The van der Waals surface area contributed by atoms with Gasteiger partial charge < -0.3 is 9.88 Å². The molecule has 1 N–H and O–H groups in total. The molecule has 1 aliphatic rings. The fourth-order valence-corrected chi connectivity index (χ4v) is 3.44. The molecule has 0 radical (unpaired) electrons. The Morgan fingerprint density at radius 1 is 1.29 bits per heavy atom. The van der Waals surface area contributed by atoms with Crippen molar-refractivity contribution in [1.82, 2.24) is 40.0 Å². The lowest BCUT2D eigenvalue weighted by molar-refractivity contribution is -0.122. The van der Waals surface area contributed by atoms with E-state index in [9.17, 15) is 4.79 Å². The zero-order valence-corrected chi connectivity index (χ0v) is 15.9. The fraction of sp³-hybridized carbons (Fsp3) is 0.421. The average molecular weight is 380 g/mol. The first-order valence-electron chi connectivity index (χ1n) is 9.47. The second-order valence-corrected chi connectivity index (χ2v) is 7.15. The average Bonchev–Trinajstić information content (AvgIpc) is 3.39. The first-order valence-corrected chi connectivity index (χ1v) is 9.47. The Balaban J connectivity index is 1.31. The molecule has 9 heteroatoms. The van der Waals surface area contributed by atoms with Gasteiger partial charge in [0.05, 0.1) is 12.9 Å². The van der Waals surface area contributed by atoms with Gasteiger partial charge in [-0.3, -0.25) is 9.69 Å². The molecule has 0 aliphatic carbocycles. The monoisotopic (exact) mass is 380 g/mol. The van der Waals surface area contributed by atoms with Crippen LogP contribution in [-0.4, -0.2) is 53.7 Å². The second-order valence-electron chi connectivity index (χ2n) is 7.15. The molecule has 0 bridgehead atoms. The lowest BCUT2D eigenvalue weighted by Gasteiger charge is -2.28. The predicted molar refractivity (Wildman–Crippen MR) is 102 cm³/mol. The number of benzene rings is 1. The van der Waals surface area contributed by atoms with Crippen LogP contribution in [0.3, 0.4) is 0 Å². The topological polar surface area (TPSA) is 93.8 Å². The van der Waals surface area contributed by atoms with E-state index in [0.717, 1.165) is 19.5 Å². The molecule has 3 aromatic rings. The highest BCUT2D eigenvalue weighted by atomic mass is 16.2. The van der Waals surface area contributed by atoms with Crippen molar-refractivity contribution in [3.8, 4) is 0 Å². The first kappa shape index (κ1) is 18.3. The third-order valence-electron chi connectivity index (χ3n) is 5.10. The minimum absolute atomic E-state index is 0.107. The summed E-state index contributed by atoms with van der Waals surface area (Å²) in [4.78, 5) is 18.7. The Hall–Kier alpha value is -3.07. The number of rotatable bonds is 7. The maximum atomic E-state index is 12.3. The van der Waals surface area contributed by atoms with E-state index in [0.29, 0.717) is 18.9 Å².